The molecule has 6 aliphatic heterocycles. The number of hydrogen-bond donors (Lipinski definition) is 1. The second-order valence-corrected chi connectivity index (χ2v) is 16.2. The number of fused-ring (bicyclic) bond motifs is 6. The van der Waals surface area contributed by atoms with Crippen LogP contribution in [0.2, 0.25) is 0 Å². The molecule has 0 aromatic heterocycles. The third-order valence-electron chi connectivity index (χ3n) is 9.83. The maximum absolute atomic E-state index is 14.8. The number of carbonyl (C=O) groups excluding carboxylic acids is 5. The first-order valence-corrected chi connectivity index (χ1v) is 21.0. The summed E-state index contributed by atoms with van der Waals surface area (Å²) in [5.41, 5.74) is 7.51. The number of ketones is 1. The molecule has 316 valence electrons. The van der Waals surface area contributed by atoms with Crippen LogP contribution in [0, 0.1) is 11.6 Å². The van der Waals surface area contributed by atoms with Crippen LogP contribution in [0.15, 0.2) is 24.3 Å². The van der Waals surface area contributed by atoms with Crippen molar-refractivity contribution in [2.45, 2.75) is 57.9 Å². The van der Waals surface area contributed by atoms with Gasteiger partial charge in [0.15, 0.2) is 0 Å². The average molecular weight is 854 g/mol. The third kappa shape index (κ3) is 9.92. The Bertz CT molecular complexity index is 1850. The molecule has 0 saturated carbocycles. The van der Waals surface area contributed by atoms with Crippen LogP contribution in [-0.4, -0.2) is 123 Å². The standard InChI is InChI=1S/C18H21FN2O4S.C15H18FN3O3S.C4H6O5/c1-11(22)2-3-16-15-10-24-17-9-13(20-4-6-26-7-5-20)12(19)8-14(17)21(15)18(23)25-16;16-9-5-11-13(6-10(9)18-1-3-23-4-2-18)21-8-12-14(7-17)22-15(20)19(11)12;1-3(5)7-9-8-4(2)6/h8-9,15-16H,2-7,10H2,1H3;5-6,12,14H,1-4,7-8,17H2;1-2H3/t15-,16-;12-,14-;/m00./s1. The van der Waals surface area contributed by atoms with Gasteiger partial charge in [0.05, 0.1) is 22.7 Å². The van der Waals surface area contributed by atoms with Crippen molar-refractivity contribution < 1.29 is 66.5 Å². The molecule has 4 saturated heterocycles. The van der Waals surface area contributed by atoms with Gasteiger partial charge in [-0.2, -0.15) is 23.5 Å². The van der Waals surface area contributed by atoms with Crippen LogP contribution in [0.3, 0.4) is 0 Å². The number of carbonyl (C=O) groups is 5. The van der Waals surface area contributed by atoms with Crippen LogP contribution in [-0.2, 0) is 38.7 Å². The minimum absolute atomic E-state index is 0.0482. The summed E-state index contributed by atoms with van der Waals surface area (Å²) in [5.74, 6) is 2.89. The summed E-state index contributed by atoms with van der Waals surface area (Å²) in [6.07, 6.45) is -1.03. The number of halogens is 2. The first-order valence-electron chi connectivity index (χ1n) is 18.7. The Balaban J connectivity index is 0.000000163. The molecule has 4 fully saturated rings. The smallest absolute Gasteiger partial charge is 0.415 e. The highest BCUT2D eigenvalue weighted by atomic mass is 32.2. The Kier molecular flexibility index (Phi) is 14.3. The van der Waals surface area contributed by atoms with Gasteiger partial charge >= 0.3 is 24.1 Å². The molecule has 2 N–H and O–H groups in total. The predicted octanol–water partition coefficient (Wildman–Crippen LogP) is 4.22. The van der Waals surface area contributed by atoms with E-state index in [9.17, 15) is 32.8 Å². The van der Waals surface area contributed by atoms with E-state index in [1.807, 2.05) is 33.3 Å². The molecule has 0 radical (unpaired) electrons. The normalized spacial score (nSPS) is 22.8. The molecule has 4 atom stereocenters. The van der Waals surface area contributed by atoms with Gasteiger partial charge in [-0.1, -0.05) is 0 Å². The Morgan fingerprint density at radius 1 is 0.707 bits per heavy atom. The minimum atomic E-state index is -0.684. The van der Waals surface area contributed by atoms with Crippen molar-refractivity contribution in [3.63, 3.8) is 0 Å². The summed E-state index contributed by atoms with van der Waals surface area (Å²) < 4.78 is 51.7. The molecule has 6 heterocycles. The molecule has 6 aliphatic rings. The molecular formula is C37H45F2N5O12S2. The largest absolute Gasteiger partial charge is 0.489 e. The number of thioether (sulfide) groups is 2. The first-order chi connectivity index (χ1) is 27.9. The van der Waals surface area contributed by atoms with Gasteiger partial charge in [-0.05, 0) is 13.3 Å². The Morgan fingerprint density at radius 2 is 1.14 bits per heavy atom. The van der Waals surface area contributed by atoms with Crippen molar-refractivity contribution in [1.29, 1.82) is 0 Å². The molecule has 0 bridgehead atoms. The third-order valence-corrected chi connectivity index (χ3v) is 11.7. The lowest BCUT2D eigenvalue weighted by molar-refractivity contribution is -0.458. The van der Waals surface area contributed by atoms with Crippen LogP contribution >= 0.6 is 23.5 Å². The van der Waals surface area contributed by atoms with Crippen molar-refractivity contribution >= 4 is 76.2 Å². The quantitative estimate of drug-likeness (QED) is 0.293. The number of anilines is 4. The second-order valence-electron chi connectivity index (χ2n) is 13.8. The highest BCUT2D eigenvalue weighted by Crippen LogP contribution is 2.44. The highest BCUT2D eigenvalue weighted by Gasteiger charge is 2.48. The Labute approximate surface area is 341 Å². The summed E-state index contributed by atoms with van der Waals surface area (Å²) in [7, 11) is 0. The molecule has 2 aromatic rings. The van der Waals surface area contributed by atoms with Gasteiger partial charge in [-0.25, -0.2) is 28.0 Å². The fraction of sp³-hybridized carbons (Fsp3) is 0.541. The van der Waals surface area contributed by atoms with Crippen LogP contribution in [0.25, 0.3) is 0 Å². The van der Waals surface area contributed by atoms with Crippen LogP contribution in [0.5, 0.6) is 11.5 Å². The maximum Gasteiger partial charge on any atom is 0.415 e. The van der Waals surface area contributed by atoms with E-state index in [-0.39, 0.29) is 42.7 Å². The average Bonchev–Trinajstić information content (AvgIpc) is 3.72. The first kappa shape index (κ1) is 42.9. The zero-order chi connectivity index (χ0) is 41.5. The van der Waals surface area contributed by atoms with Crippen LogP contribution in [0.1, 0.15) is 33.6 Å². The molecule has 58 heavy (non-hydrogen) atoms. The fourth-order valence-corrected chi connectivity index (χ4v) is 8.89. The summed E-state index contributed by atoms with van der Waals surface area (Å²) in [4.78, 5) is 70.0. The van der Waals surface area contributed by atoms with E-state index in [0.717, 1.165) is 63.0 Å². The zero-order valence-corrected chi connectivity index (χ0v) is 33.8. The van der Waals surface area contributed by atoms with E-state index in [0.29, 0.717) is 53.7 Å². The van der Waals surface area contributed by atoms with Crippen LogP contribution < -0.4 is 34.8 Å². The summed E-state index contributed by atoms with van der Waals surface area (Å²) in [6.45, 7) is 7.75. The van der Waals surface area contributed by atoms with Gasteiger partial charge in [0.25, 0.3) is 0 Å². The van der Waals surface area contributed by atoms with E-state index in [1.54, 1.807) is 12.1 Å². The lowest BCUT2D eigenvalue weighted by Gasteiger charge is -2.34. The monoisotopic (exact) mass is 853 g/mol. The number of Topliss-reactive ketones (excluding diaryl/α,β-unsaturated/α-hetero) is 1. The van der Waals surface area contributed by atoms with Gasteiger partial charge in [0, 0.05) is 105 Å². The number of benzene rings is 2. The Hall–Kier alpha value is -4.73. The van der Waals surface area contributed by atoms with Crippen molar-refractivity contribution in [2.24, 2.45) is 5.73 Å². The van der Waals surface area contributed by atoms with E-state index < -0.39 is 36.3 Å². The number of cyclic esters (lactones) is 2. The molecule has 0 aliphatic carbocycles. The van der Waals surface area contributed by atoms with Crippen molar-refractivity contribution in [3.05, 3.63) is 35.9 Å². The predicted molar refractivity (Wildman–Crippen MR) is 210 cm³/mol. The number of hydrogen-bond acceptors (Lipinski definition) is 17. The van der Waals surface area contributed by atoms with E-state index in [1.165, 1.54) is 28.9 Å². The van der Waals surface area contributed by atoms with Crippen molar-refractivity contribution in [2.75, 3.05) is 88.5 Å². The van der Waals surface area contributed by atoms with E-state index in [4.69, 9.17) is 24.7 Å². The second kappa shape index (κ2) is 19.3. The molecule has 0 unspecified atom stereocenters. The van der Waals surface area contributed by atoms with Gasteiger partial charge in [-0.3, -0.25) is 19.6 Å². The summed E-state index contributed by atoms with van der Waals surface area (Å²) in [6, 6.07) is 5.50. The fourth-order valence-electron chi connectivity index (χ4n) is 7.08. The number of nitrogens with zero attached hydrogens (tertiary/aromatic N) is 4. The molecule has 2 aromatic carbocycles. The number of nitrogens with two attached hydrogens (primary N) is 1. The Morgan fingerprint density at radius 3 is 1.55 bits per heavy atom. The summed E-state index contributed by atoms with van der Waals surface area (Å²) in [5, 5.41) is 3.66. The zero-order valence-electron chi connectivity index (χ0n) is 32.1. The van der Waals surface area contributed by atoms with Crippen molar-refractivity contribution in [3.8, 4) is 11.5 Å². The van der Waals surface area contributed by atoms with Crippen LogP contribution in [0.4, 0.5) is 41.1 Å². The highest BCUT2D eigenvalue weighted by molar-refractivity contribution is 7.99. The molecule has 8 rings (SSSR count). The van der Waals surface area contributed by atoms with E-state index >= 15 is 0 Å². The molecular weight excluding hydrogens is 809 g/mol. The van der Waals surface area contributed by atoms with Gasteiger partial charge in [0.2, 0.25) is 0 Å². The minimum Gasteiger partial charge on any atom is -0.489 e. The van der Waals surface area contributed by atoms with Crippen molar-refractivity contribution in [1.82, 2.24) is 0 Å². The maximum atomic E-state index is 14.8. The van der Waals surface area contributed by atoms with Gasteiger partial charge in [-0.15, -0.1) is 0 Å². The van der Waals surface area contributed by atoms with Gasteiger partial charge in [0.1, 0.15) is 66.4 Å². The molecule has 17 nitrogen and oxygen atoms in total. The number of rotatable bonds is 8. The lowest BCUT2D eigenvalue weighted by atomic mass is 10.0. The van der Waals surface area contributed by atoms with E-state index in [2.05, 4.69) is 14.8 Å². The molecule has 21 heteroatoms. The van der Waals surface area contributed by atoms with Gasteiger partial charge < -0.3 is 39.3 Å². The number of ether oxygens (including phenoxy) is 4. The molecule has 0 spiro atoms. The summed E-state index contributed by atoms with van der Waals surface area (Å²) >= 11 is 3.73. The lowest BCUT2D eigenvalue weighted by Crippen LogP contribution is -2.46. The SMILES string of the molecule is CC(=O)CC[C@@H]1OC(=O)N2c3cc(F)c(N4CCSCC4)cc3OC[C@@H]12.CC(=O)OOOC(C)=O.NC[C@@H]1OC(=O)N2c3cc(F)c(N4CCSCC4)cc3OC[C@@H]12. The molecule has 2 amide bonds. The topological polar surface area (TPSA) is 189 Å². The number of amides is 2.